The number of aliphatic hydroxyl groups excluding tert-OH is 1. The number of ketones is 1. The highest BCUT2D eigenvalue weighted by molar-refractivity contribution is 6.15. The number of likely N-dealkylation sites (N-methyl/N-ethyl adjacent to an activating group) is 1. The van der Waals surface area contributed by atoms with Crippen LogP contribution in [-0.2, 0) is 0 Å². The molecule has 1 aromatic carbocycles. The minimum absolute atomic E-state index is 0.0140. The van der Waals surface area contributed by atoms with Crippen LogP contribution in [0.3, 0.4) is 0 Å². The SMILES string of the molecule is C=C\C(=C/C=C\C=C/C=C(\C(=C)O)C(=O)c1ccccc1C(=O)O)N(C)C. The molecular formula is C22H23NO4. The third-order valence-corrected chi connectivity index (χ3v) is 3.55. The average molecular weight is 365 g/mol. The van der Waals surface area contributed by atoms with Crippen molar-refractivity contribution in [3.63, 3.8) is 0 Å². The van der Waals surface area contributed by atoms with Crippen molar-refractivity contribution in [3.8, 4) is 0 Å². The molecule has 140 valence electrons. The number of carboxylic acids is 1. The standard InChI is InChI=1S/C22H23NO4/c1-5-17(23(3)4)12-8-6-7-9-13-18(16(2)24)21(25)19-14-10-11-15-20(19)22(26)27/h5-15,24H,1-2H2,3-4H3,(H,26,27)/b8-6-,9-7-,17-12+,18-13+. The van der Waals surface area contributed by atoms with E-state index in [9.17, 15) is 19.8 Å². The summed E-state index contributed by atoms with van der Waals surface area (Å²) in [6, 6.07) is 5.82. The van der Waals surface area contributed by atoms with Crippen LogP contribution < -0.4 is 0 Å². The minimum Gasteiger partial charge on any atom is -0.508 e. The predicted octanol–water partition coefficient (Wildman–Crippen LogP) is 4.31. The van der Waals surface area contributed by atoms with Crippen LogP contribution in [0.2, 0.25) is 0 Å². The van der Waals surface area contributed by atoms with Gasteiger partial charge in [-0.05, 0) is 24.3 Å². The number of hydrogen-bond acceptors (Lipinski definition) is 4. The molecule has 0 spiro atoms. The summed E-state index contributed by atoms with van der Waals surface area (Å²) in [6.07, 6.45) is 11.8. The van der Waals surface area contributed by atoms with Crippen LogP contribution in [0.25, 0.3) is 0 Å². The molecule has 0 amide bonds. The second kappa shape index (κ2) is 10.4. The summed E-state index contributed by atoms with van der Waals surface area (Å²) in [4.78, 5) is 25.8. The van der Waals surface area contributed by atoms with Gasteiger partial charge in [0.15, 0.2) is 5.78 Å². The van der Waals surface area contributed by atoms with Gasteiger partial charge in [-0.25, -0.2) is 4.79 Å². The van der Waals surface area contributed by atoms with E-state index in [0.717, 1.165) is 5.70 Å². The lowest BCUT2D eigenvalue weighted by molar-refractivity contribution is 0.0692. The molecule has 27 heavy (non-hydrogen) atoms. The van der Waals surface area contributed by atoms with Gasteiger partial charge >= 0.3 is 5.97 Å². The molecule has 5 nitrogen and oxygen atoms in total. The Morgan fingerprint density at radius 1 is 0.963 bits per heavy atom. The number of Topliss-reactive ketones (excluding diaryl/α,β-unsaturated/α-hetero) is 1. The summed E-state index contributed by atoms with van der Waals surface area (Å²) < 4.78 is 0. The van der Waals surface area contributed by atoms with Crippen molar-refractivity contribution >= 4 is 11.8 Å². The lowest BCUT2D eigenvalue weighted by atomic mass is 9.97. The lowest BCUT2D eigenvalue weighted by Gasteiger charge is -2.11. The Labute approximate surface area is 159 Å². The molecular weight excluding hydrogens is 342 g/mol. The zero-order chi connectivity index (χ0) is 20.4. The van der Waals surface area contributed by atoms with Gasteiger partial charge in [-0.3, -0.25) is 4.79 Å². The smallest absolute Gasteiger partial charge is 0.336 e. The van der Waals surface area contributed by atoms with Crippen molar-refractivity contribution in [1.82, 2.24) is 4.90 Å². The number of nitrogens with zero attached hydrogens (tertiary/aromatic N) is 1. The summed E-state index contributed by atoms with van der Waals surface area (Å²) in [5, 5.41) is 18.9. The van der Waals surface area contributed by atoms with E-state index in [4.69, 9.17) is 0 Å². The first kappa shape index (κ1) is 21.4. The first-order valence-corrected chi connectivity index (χ1v) is 8.10. The fourth-order valence-corrected chi connectivity index (χ4v) is 2.15. The van der Waals surface area contributed by atoms with Gasteiger partial charge in [-0.1, -0.05) is 55.7 Å². The average Bonchev–Trinajstić information content (AvgIpc) is 2.62. The molecule has 5 heteroatoms. The second-order valence-corrected chi connectivity index (χ2v) is 5.67. The Bertz CT molecular complexity index is 855. The Morgan fingerprint density at radius 3 is 2.00 bits per heavy atom. The third kappa shape index (κ3) is 6.32. The maximum Gasteiger partial charge on any atom is 0.336 e. The summed E-state index contributed by atoms with van der Waals surface area (Å²) in [5.41, 5.74) is 0.702. The van der Waals surface area contributed by atoms with Crippen LogP contribution >= 0.6 is 0 Å². The molecule has 0 saturated heterocycles. The normalized spacial score (nSPS) is 12.4. The van der Waals surface area contributed by atoms with Gasteiger partial charge in [-0.15, -0.1) is 0 Å². The number of aliphatic hydroxyl groups is 1. The van der Waals surface area contributed by atoms with E-state index >= 15 is 0 Å². The van der Waals surface area contributed by atoms with Gasteiger partial charge in [0.1, 0.15) is 5.76 Å². The minimum atomic E-state index is -1.22. The van der Waals surface area contributed by atoms with Crippen LogP contribution in [0.15, 0.2) is 97.0 Å². The summed E-state index contributed by atoms with van der Waals surface area (Å²) >= 11 is 0. The van der Waals surface area contributed by atoms with Crippen molar-refractivity contribution < 1.29 is 19.8 Å². The highest BCUT2D eigenvalue weighted by Crippen LogP contribution is 2.18. The van der Waals surface area contributed by atoms with Crippen LogP contribution in [-0.4, -0.2) is 41.0 Å². The number of aromatic carboxylic acids is 1. The summed E-state index contributed by atoms with van der Waals surface area (Å²) in [5.74, 6) is -2.27. The number of allylic oxidation sites excluding steroid dienone is 8. The first-order valence-electron chi connectivity index (χ1n) is 8.10. The molecule has 0 unspecified atom stereocenters. The van der Waals surface area contributed by atoms with Gasteiger partial charge in [0.25, 0.3) is 0 Å². The number of carbonyl (C=O) groups is 2. The molecule has 0 atom stereocenters. The second-order valence-electron chi connectivity index (χ2n) is 5.67. The summed E-state index contributed by atoms with van der Waals surface area (Å²) in [6.45, 7) is 7.11. The molecule has 2 N–H and O–H groups in total. The van der Waals surface area contributed by atoms with Crippen LogP contribution in [0.4, 0.5) is 0 Å². The van der Waals surface area contributed by atoms with Gasteiger partial charge in [0.05, 0.1) is 11.1 Å². The zero-order valence-electron chi connectivity index (χ0n) is 15.4. The van der Waals surface area contributed by atoms with Gasteiger partial charge in [0, 0.05) is 25.4 Å². The highest BCUT2D eigenvalue weighted by atomic mass is 16.4. The zero-order valence-corrected chi connectivity index (χ0v) is 15.4. The van der Waals surface area contributed by atoms with E-state index in [-0.39, 0.29) is 16.7 Å². The predicted molar refractivity (Wildman–Crippen MR) is 108 cm³/mol. The van der Waals surface area contributed by atoms with E-state index in [1.165, 1.54) is 24.3 Å². The van der Waals surface area contributed by atoms with E-state index in [0.29, 0.717) is 0 Å². The topological polar surface area (TPSA) is 77.8 Å². The van der Waals surface area contributed by atoms with Crippen molar-refractivity contribution in [2.24, 2.45) is 0 Å². The van der Waals surface area contributed by atoms with Crippen molar-refractivity contribution in [2.75, 3.05) is 14.1 Å². The molecule has 0 aliphatic heterocycles. The molecule has 0 bridgehead atoms. The van der Waals surface area contributed by atoms with E-state index in [1.54, 1.807) is 36.4 Å². The van der Waals surface area contributed by atoms with Crippen molar-refractivity contribution in [3.05, 3.63) is 108 Å². The van der Waals surface area contributed by atoms with E-state index < -0.39 is 17.5 Å². The number of rotatable bonds is 9. The molecule has 1 aromatic rings. The van der Waals surface area contributed by atoms with Crippen LogP contribution in [0.5, 0.6) is 0 Å². The fraction of sp³-hybridized carbons (Fsp3) is 0.0909. The number of carbonyl (C=O) groups excluding carboxylic acids is 1. The maximum absolute atomic E-state index is 12.6. The molecule has 1 rings (SSSR count). The molecule has 0 aromatic heterocycles. The largest absolute Gasteiger partial charge is 0.508 e. The van der Waals surface area contributed by atoms with Gasteiger partial charge < -0.3 is 15.1 Å². The maximum atomic E-state index is 12.6. The molecule has 0 fully saturated rings. The monoisotopic (exact) mass is 365 g/mol. The Hall–Kier alpha value is -3.60. The molecule has 0 heterocycles. The number of hydrogen-bond donors (Lipinski definition) is 2. The summed E-state index contributed by atoms with van der Waals surface area (Å²) in [7, 11) is 3.80. The molecule has 0 aliphatic rings. The number of carboxylic acid groups (broad SMARTS) is 1. The fourth-order valence-electron chi connectivity index (χ4n) is 2.15. The quantitative estimate of drug-likeness (QED) is 0.295. The Kier molecular flexibility index (Phi) is 8.26. The van der Waals surface area contributed by atoms with Crippen molar-refractivity contribution in [1.29, 1.82) is 0 Å². The Morgan fingerprint density at radius 2 is 1.52 bits per heavy atom. The van der Waals surface area contributed by atoms with Gasteiger partial charge in [0.2, 0.25) is 0 Å². The van der Waals surface area contributed by atoms with Gasteiger partial charge in [-0.2, -0.15) is 0 Å². The molecule has 0 aliphatic carbocycles. The molecule has 0 radical (unpaired) electrons. The van der Waals surface area contributed by atoms with Crippen LogP contribution in [0.1, 0.15) is 20.7 Å². The Balaban J connectivity index is 3.06. The highest BCUT2D eigenvalue weighted by Gasteiger charge is 2.20. The lowest BCUT2D eigenvalue weighted by Crippen LogP contribution is -2.11. The number of benzene rings is 1. The first-order chi connectivity index (χ1) is 12.8. The van der Waals surface area contributed by atoms with E-state index in [1.807, 2.05) is 25.1 Å². The molecule has 0 saturated carbocycles. The van der Waals surface area contributed by atoms with Crippen LogP contribution in [0, 0.1) is 0 Å². The third-order valence-electron chi connectivity index (χ3n) is 3.55. The van der Waals surface area contributed by atoms with Crippen molar-refractivity contribution in [2.45, 2.75) is 0 Å². The van der Waals surface area contributed by atoms with E-state index in [2.05, 4.69) is 13.2 Å².